The van der Waals surface area contributed by atoms with E-state index in [0.29, 0.717) is 11.5 Å². The fraction of sp³-hybridized carbons (Fsp3) is 0.500. The average molecular weight is 275 g/mol. The SMILES string of the molecule is Cc1c(C(C)NCC2(C)COC2)sc2ccccc12. The van der Waals surface area contributed by atoms with Gasteiger partial charge in [-0.2, -0.15) is 0 Å². The number of aryl methyl sites for hydroxylation is 1. The standard InChI is InChI=1S/C16H21NOS/c1-11-13-6-4-5-7-14(13)19-15(11)12(2)17-8-16(3)9-18-10-16/h4-7,12,17H,8-10H2,1-3H3. The molecule has 0 radical (unpaired) electrons. The molecular weight excluding hydrogens is 254 g/mol. The van der Waals surface area contributed by atoms with Crippen LogP contribution in [0.1, 0.15) is 30.3 Å². The molecule has 1 aliphatic rings. The van der Waals surface area contributed by atoms with Crippen LogP contribution < -0.4 is 5.32 Å². The van der Waals surface area contributed by atoms with Gasteiger partial charge in [0.2, 0.25) is 0 Å². The molecule has 0 spiro atoms. The highest BCUT2D eigenvalue weighted by Gasteiger charge is 2.33. The highest BCUT2D eigenvalue weighted by molar-refractivity contribution is 7.19. The Balaban J connectivity index is 1.77. The molecule has 102 valence electrons. The summed E-state index contributed by atoms with van der Waals surface area (Å²) in [6.45, 7) is 9.59. The molecule has 0 aliphatic carbocycles. The monoisotopic (exact) mass is 275 g/mol. The number of ether oxygens (including phenoxy) is 1. The van der Waals surface area contributed by atoms with Crippen molar-refractivity contribution in [2.45, 2.75) is 26.8 Å². The molecule has 0 bridgehead atoms. The van der Waals surface area contributed by atoms with E-state index in [1.807, 2.05) is 11.3 Å². The zero-order valence-electron chi connectivity index (χ0n) is 11.8. The van der Waals surface area contributed by atoms with E-state index in [1.165, 1.54) is 20.5 Å². The summed E-state index contributed by atoms with van der Waals surface area (Å²) in [7, 11) is 0. The Hall–Kier alpha value is -0.900. The molecule has 1 unspecified atom stereocenters. The fourth-order valence-corrected chi connectivity index (χ4v) is 3.89. The van der Waals surface area contributed by atoms with E-state index >= 15 is 0 Å². The highest BCUT2D eigenvalue weighted by atomic mass is 32.1. The summed E-state index contributed by atoms with van der Waals surface area (Å²) in [6.07, 6.45) is 0. The van der Waals surface area contributed by atoms with Crippen molar-refractivity contribution in [1.29, 1.82) is 0 Å². The second kappa shape index (κ2) is 4.89. The van der Waals surface area contributed by atoms with Gasteiger partial charge >= 0.3 is 0 Å². The number of benzene rings is 1. The van der Waals surface area contributed by atoms with Crippen molar-refractivity contribution in [3.63, 3.8) is 0 Å². The Labute approximate surface area is 118 Å². The van der Waals surface area contributed by atoms with Crippen molar-refractivity contribution in [2.24, 2.45) is 5.41 Å². The van der Waals surface area contributed by atoms with Crippen molar-refractivity contribution in [3.8, 4) is 0 Å². The van der Waals surface area contributed by atoms with Gasteiger partial charge in [0.25, 0.3) is 0 Å². The summed E-state index contributed by atoms with van der Waals surface area (Å²) in [4.78, 5) is 1.46. The molecule has 3 rings (SSSR count). The zero-order valence-corrected chi connectivity index (χ0v) is 12.6. The quantitative estimate of drug-likeness (QED) is 0.914. The molecular formula is C16H21NOS. The lowest BCUT2D eigenvalue weighted by Crippen LogP contribution is -2.47. The highest BCUT2D eigenvalue weighted by Crippen LogP contribution is 2.35. The van der Waals surface area contributed by atoms with Gasteiger partial charge in [0.1, 0.15) is 0 Å². The Bertz CT molecular complexity index is 585. The summed E-state index contributed by atoms with van der Waals surface area (Å²) < 4.78 is 6.70. The van der Waals surface area contributed by atoms with Gasteiger partial charge in [-0.15, -0.1) is 11.3 Å². The van der Waals surface area contributed by atoms with Gasteiger partial charge in [0.05, 0.1) is 13.2 Å². The fourth-order valence-electron chi connectivity index (χ4n) is 2.65. The molecule has 3 heteroatoms. The summed E-state index contributed by atoms with van der Waals surface area (Å²) >= 11 is 1.91. The molecule has 1 aromatic heterocycles. The van der Waals surface area contributed by atoms with Crippen LogP contribution in [0.2, 0.25) is 0 Å². The van der Waals surface area contributed by atoms with Crippen molar-refractivity contribution in [1.82, 2.24) is 5.32 Å². The molecule has 19 heavy (non-hydrogen) atoms. The van der Waals surface area contributed by atoms with E-state index < -0.39 is 0 Å². The predicted octanol–water partition coefficient (Wildman–Crippen LogP) is 3.90. The van der Waals surface area contributed by atoms with E-state index in [0.717, 1.165) is 19.8 Å². The van der Waals surface area contributed by atoms with Gasteiger partial charge < -0.3 is 10.1 Å². The molecule has 1 aliphatic heterocycles. The maximum absolute atomic E-state index is 5.31. The van der Waals surface area contributed by atoms with E-state index in [9.17, 15) is 0 Å². The smallest absolute Gasteiger partial charge is 0.0554 e. The van der Waals surface area contributed by atoms with E-state index in [1.54, 1.807) is 0 Å². The van der Waals surface area contributed by atoms with Crippen LogP contribution in [0.25, 0.3) is 10.1 Å². The minimum absolute atomic E-state index is 0.332. The lowest BCUT2D eigenvalue weighted by Gasteiger charge is -2.39. The Morgan fingerprint density at radius 1 is 1.37 bits per heavy atom. The van der Waals surface area contributed by atoms with Crippen LogP contribution in [0.5, 0.6) is 0 Å². The minimum atomic E-state index is 0.332. The molecule has 0 amide bonds. The Morgan fingerprint density at radius 2 is 2.11 bits per heavy atom. The lowest BCUT2D eigenvalue weighted by molar-refractivity contribution is -0.0998. The molecule has 1 fully saturated rings. The second-order valence-electron chi connectivity index (χ2n) is 5.99. The summed E-state index contributed by atoms with van der Waals surface area (Å²) in [5.41, 5.74) is 1.76. The third-order valence-corrected chi connectivity index (χ3v) is 5.47. The van der Waals surface area contributed by atoms with Crippen molar-refractivity contribution >= 4 is 21.4 Å². The zero-order chi connectivity index (χ0) is 13.5. The lowest BCUT2D eigenvalue weighted by atomic mass is 9.88. The number of thiophene rings is 1. The van der Waals surface area contributed by atoms with Crippen molar-refractivity contribution in [2.75, 3.05) is 19.8 Å². The Morgan fingerprint density at radius 3 is 2.74 bits per heavy atom. The number of hydrogen-bond donors (Lipinski definition) is 1. The van der Waals surface area contributed by atoms with Crippen LogP contribution in [-0.2, 0) is 4.74 Å². The molecule has 2 aromatic rings. The number of nitrogens with one attached hydrogen (secondary N) is 1. The molecule has 2 nitrogen and oxygen atoms in total. The van der Waals surface area contributed by atoms with E-state index in [4.69, 9.17) is 4.74 Å². The molecule has 1 aromatic carbocycles. The second-order valence-corrected chi connectivity index (χ2v) is 7.08. The van der Waals surface area contributed by atoms with Gasteiger partial charge in [-0.3, -0.25) is 0 Å². The summed E-state index contributed by atoms with van der Waals surface area (Å²) in [5.74, 6) is 0. The third kappa shape index (κ3) is 2.42. The number of rotatable bonds is 4. The first-order valence-corrected chi connectivity index (χ1v) is 7.70. The predicted molar refractivity (Wildman–Crippen MR) is 81.9 cm³/mol. The normalized spacial score (nSPS) is 19.3. The van der Waals surface area contributed by atoms with Crippen LogP contribution in [0.3, 0.4) is 0 Å². The first kappa shape index (κ1) is 13.1. The minimum Gasteiger partial charge on any atom is -0.380 e. The van der Waals surface area contributed by atoms with Gasteiger partial charge in [-0.1, -0.05) is 25.1 Å². The average Bonchev–Trinajstić information content (AvgIpc) is 2.72. The van der Waals surface area contributed by atoms with Crippen LogP contribution >= 0.6 is 11.3 Å². The topological polar surface area (TPSA) is 21.3 Å². The van der Waals surface area contributed by atoms with Crippen LogP contribution in [0, 0.1) is 12.3 Å². The van der Waals surface area contributed by atoms with Crippen LogP contribution in [0.15, 0.2) is 24.3 Å². The number of hydrogen-bond acceptors (Lipinski definition) is 3. The first-order valence-electron chi connectivity index (χ1n) is 6.88. The van der Waals surface area contributed by atoms with Crippen molar-refractivity contribution < 1.29 is 4.74 Å². The Kier molecular flexibility index (Phi) is 3.37. The summed E-state index contributed by atoms with van der Waals surface area (Å²) in [6, 6.07) is 9.08. The number of fused-ring (bicyclic) bond motifs is 1. The maximum Gasteiger partial charge on any atom is 0.0554 e. The molecule has 2 heterocycles. The largest absolute Gasteiger partial charge is 0.380 e. The first-order chi connectivity index (χ1) is 9.09. The van der Waals surface area contributed by atoms with Crippen LogP contribution in [-0.4, -0.2) is 19.8 Å². The maximum atomic E-state index is 5.31. The van der Waals surface area contributed by atoms with Crippen LogP contribution in [0.4, 0.5) is 0 Å². The van der Waals surface area contributed by atoms with Gasteiger partial charge in [-0.05, 0) is 30.9 Å². The van der Waals surface area contributed by atoms with Crippen molar-refractivity contribution in [3.05, 3.63) is 34.7 Å². The summed E-state index contributed by atoms with van der Waals surface area (Å²) in [5, 5.41) is 5.07. The van der Waals surface area contributed by atoms with Gasteiger partial charge in [0.15, 0.2) is 0 Å². The molecule has 1 saturated heterocycles. The molecule has 1 atom stereocenters. The third-order valence-electron chi connectivity index (χ3n) is 4.01. The van der Waals surface area contributed by atoms with Gasteiger partial charge in [0, 0.05) is 27.6 Å². The van der Waals surface area contributed by atoms with E-state index in [-0.39, 0.29) is 0 Å². The van der Waals surface area contributed by atoms with Gasteiger partial charge in [-0.25, -0.2) is 0 Å². The van der Waals surface area contributed by atoms with E-state index in [2.05, 4.69) is 50.4 Å². The molecule has 0 saturated carbocycles. The molecule has 1 N–H and O–H groups in total.